The van der Waals surface area contributed by atoms with E-state index in [1.807, 2.05) is 0 Å². The van der Waals surface area contributed by atoms with Crippen molar-refractivity contribution in [2.45, 2.75) is 6.18 Å². The average molecular weight is 369 g/mol. The zero-order valence-corrected chi connectivity index (χ0v) is 12.5. The molecule has 7 heteroatoms. The van der Waals surface area contributed by atoms with E-state index in [9.17, 15) is 13.2 Å². The van der Waals surface area contributed by atoms with Crippen LogP contribution >= 0.6 is 15.9 Å². The number of alkyl halides is 3. The first-order valence-corrected chi connectivity index (χ1v) is 6.98. The van der Waals surface area contributed by atoms with Crippen LogP contribution in [0.1, 0.15) is 17.0 Å². The minimum Gasteiger partial charge on any atom is -0.418 e. The third kappa shape index (κ3) is 3.19. The molecule has 2 heterocycles. The molecule has 0 radical (unpaired) electrons. The molecular weight excluding hydrogens is 361 g/mol. The Balaban J connectivity index is 1.83. The Labute approximate surface area is 131 Å². The van der Waals surface area contributed by atoms with Gasteiger partial charge in [0.15, 0.2) is 0 Å². The van der Waals surface area contributed by atoms with E-state index in [0.717, 1.165) is 16.6 Å². The fraction of sp³-hybridized carbons (Fsp3) is 0.0667. The molecule has 0 aliphatic rings. The second-order valence-electron chi connectivity index (χ2n) is 4.48. The third-order valence-corrected chi connectivity index (χ3v) is 3.32. The molecule has 3 nitrogen and oxygen atoms in total. The van der Waals surface area contributed by atoms with Crippen LogP contribution in [-0.2, 0) is 6.18 Å². The monoisotopic (exact) mass is 368 g/mol. The summed E-state index contributed by atoms with van der Waals surface area (Å²) in [4.78, 5) is 8.28. The highest BCUT2D eigenvalue weighted by molar-refractivity contribution is 9.10. The van der Waals surface area contributed by atoms with Crippen molar-refractivity contribution in [3.63, 3.8) is 0 Å². The summed E-state index contributed by atoms with van der Waals surface area (Å²) in [6.07, 6.45) is 0.469. The van der Waals surface area contributed by atoms with Gasteiger partial charge in [-0.3, -0.25) is 0 Å². The van der Waals surface area contributed by atoms with Crippen molar-refractivity contribution in [2.75, 3.05) is 0 Å². The summed E-state index contributed by atoms with van der Waals surface area (Å²) in [6, 6.07) is 6.60. The van der Waals surface area contributed by atoms with Gasteiger partial charge in [-0.05, 0) is 45.8 Å². The predicted molar refractivity (Wildman–Crippen MR) is 79.9 cm³/mol. The van der Waals surface area contributed by atoms with Gasteiger partial charge in [0.05, 0.1) is 5.56 Å². The molecule has 0 spiro atoms. The second-order valence-corrected chi connectivity index (χ2v) is 5.40. The first-order valence-electron chi connectivity index (χ1n) is 6.19. The van der Waals surface area contributed by atoms with Crippen molar-refractivity contribution in [1.29, 1.82) is 0 Å². The highest BCUT2D eigenvalue weighted by Gasteiger charge is 2.29. The van der Waals surface area contributed by atoms with Gasteiger partial charge in [0.1, 0.15) is 5.52 Å². The molecule has 0 atom stereocenters. The number of hydrogen-bond acceptors (Lipinski definition) is 3. The normalized spacial score (nSPS) is 12.4. The van der Waals surface area contributed by atoms with Crippen LogP contribution in [-0.4, -0.2) is 9.97 Å². The van der Waals surface area contributed by atoms with Crippen LogP contribution in [0.2, 0.25) is 0 Å². The molecular formula is C15H8BrF3N2O. The topological polar surface area (TPSA) is 38.9 Å². The van der Waals surface area contributed by atoms with Gasteiger partial charge in [-0.25, -0.2) is 9.97 Å². The van der Waals surface area contributed by atoms with Crippen LogP contribution in [0.3, 0.4) is 0 Å². The lowest BCUT2D eigenvalue weighted by molar-refractivity contribution is -0.137. The molecule has 0 bridgehead atoms. The van der Waals surface area contributed by atoms with Gasteiger partial charge >= 0.3 is 6.18 Å². The Morgan fingerprint density at radius 3 is 2.50 bits per heavy atom. The molecule has 0 amide bonds. The van der Waals surface area contributed by atoms with Gasteiger partial charge < -0.3 is 4.42 Å². The van der Waals surface area contributed by atoms with Crippen molar-refractivity contribution in [3.8, 4) is 0 Å². The highest BCUT2D eigenvalue weighted by Crippen LogP contribution is 2.29. The van der Waals surface area contributed by atoms with Crippen molar-refractivity contribution in [3.05, 3.63) is 58.0 Å². The van der Waals surface area contributed by atoms with Crippen LogP contribution in [0.5, 0.6) is 0 Å². The zero-order valence-electron chi connectivity index (χ0n) is 10.9. The third-order valence-electron chi connectivity index (χ3n) is 2.89. The van der Waals surface area contributed by atoms with Crippen LogP contribution in [0, 0.1) is 0 Å². The predicted octanol–water partition coefficient (Wildman–Crippen LogP) is 5.17. The fourth-order valence-corrected chi connectivity index (χ4v) is 2.16. The van der Waals surface area contributed by atoms with Gasteiger partial charge in [0.2, 0.25) is 11.6 Å². The average Bonchev–Trinajstić information content (AvgIpc) is 2.86. The van der Waals surface area contributed by atoms with Gasteiger partial charge in [0, 0.05) is 16.7 Å². The van der Waals surface area contributed by atoms with Crippen molar-refractivity contribution in [1.82, 2.24) is 9.97 Å². The van der Waals surface area contributed by atoms with E-state index in [1.54, 1.807) is 24.4 Å². The Hall–Kier alpha value is -2.15. The first-order chi connectivity index (χ1) is 10.4. The number of rotatable bonds is 2. The maximum atomic E-state index is 12.5. The molecule has 0 saturated carbocycles. The van der Waals surface area contributed by atoms with Crippen LogP contribution in [0.25, 0.3) is 23.4 Å². The lowest BCUT2D eigenvalue weighted by Crippen LogP contribution is -2.03. The van der Waals surface area contributed by atoms with Crippen LogP contribution in [0.15, 0.2) is 45.4 Å². The van der Waals surface area contributed by atoms with E-state index in [-0.39, 0.29) is 0 Å². The minimum absolute atomic E-state index is 0.334. The number of benzene rings is 1. The molecule has 22 heavy (non-hydrogen) atoms. The molecule has 0 saturated heterocycles. The molecule has 0 aliphatic heterocycles. The van der Waals surface area contributed by atoms with Crippen LogP contribution < -0.4 is 0 Å². The molecule has 3 rings (SSSR count). The summed E-state index contributed by atoms with van der Waals surface area (Å²) in [5.41, 5.74) is 0.932. The number of nitrogens with zero attached hydrogens (tertiary/aromatic N) is 2. The number of hydrogen-bond donors (Lipinski definition) is 0. The smallest absolute Gasteiger partial charge is 0.416 e. The number of oxazole rings is 1. The summed E-state index contributed by atoms with van der Waals surface area (Å²) in [6.45, 7) is 0. The molecule has 0 fully saturated rings. The molecule has 2 aromatic heterocycles. The second kappa shape index (κ2) is 5.57. The van der Waals surface area contributed by atoms with E-state index < -0.39 is 11.7 Å². The van der Waals surface area contributed by atoms with E-state index in [1.165, 1.54) is 12.1 Å². The summed E-state index contributed by atoms with van der Waals surface area (Å²) in [5, 5.41) is 0. The van der Waals surface area contributed by atoms with Gasteiger partial charge in [-0.15, -0.1) is 0 Å². The molecule has 112 valence electrons. The van der Waals surface area contributed by atoms with Gasteiger partial charge in [0.25, 0.3) is 0 Å². The Kier molecular flexibility index (Phi) is 3.74. The number of halogens is 4. The largest absolute Gasteiger partial charge is 0.418 e. The molecule has 1 aromatic carbocycles. The van der Waals surface area contributed by atoms with Crippen LogP contribution in [0.4, 0.5) is 13.2 Å². The van der Waals surface area contributed by atoms with E-state index in [2.05, 4.69) is 25.9 Å². The molecule has 3 aromatic rings. The van der Waals surface area contributed by atoms with Gasteiger partial charge in [-0.1, -0.05) is 12.1 Å². The lowest BCUT2D eigenvalue weighted by Gasteiger charge is -2.05. The highest BCUT2D eigenvalue weighted by atomic mass is 79.9. The van der Waals surface area contributed by atoms with Gasteiger partial charge in [-0.2, -0.15) is 13.2 Å². The Morgan fingerprint density at radius 2 is 1.82 bits per heavy atom. The van der Waals surface area contributed by atoms with E-state index >= 15 is 0 Å². The summed E-state index contributed by atoms with van der Waals surface area (Å²) in [5.74, 6) is 0.334. The quantitative estimate of drug-likeness (QED) is 0.625. The van der Waals surface area contributed by atoms with Crippen molar-refractivity contribution < 1.29 is 17.6 Å². The number of aromatic nitrogens is 2. The molecule has 0 unspecified atom stereocenters. The number of pyridine rings is 1. The summed E-state index contributed by atoms with van der Waals surface area (Å²) >= 11 is 3.29. The maximum absolute atomic E-state index is 12.5. The molecule has 0 N–H and O–H groups in total. The molecule has 0 aliphatic carbocycles. The van der Waals surface area contributed by atoms with E-state index in [0.29, 0.717) is 22.7 Å². The first kappa shape index (κ1) is 14.8. The van der Waals surface area contributed by atoms with Crippen molar-refractivity contribution in [2.24, 2.45) is 0 Å². The fourth-order valence-electron chi connectivity index (χ4n) is 1.84. The minimum atomic E-state index is -4.33. The summed E-state index contributed by atoms with van der Waals surface area (Å²) < 4.78 is 43.6. The zero-order chi connectivity index (χ0) is 15.7. The SMILES string of the molecule is FC(F)(F)c1ccc(C=Cc2nc3cc(Br)cnc3o2)cc1. The Bertz CT molecular complexity index is 838. The standard InChI is InChI=1S/C15H8BrF3N2O/c16-11-7-12-14(20-8-11)22-13(21-12)6-3-9-1-4-10(5-2-9)15(17,18)19/h1-8H. The summed E-state index contributed by atoms with van der Waals surface area (Å²) in [7, 11) is 0. The number of fused-ring (bicyclic) bond motifs is 1. The maximum Gasteiger partial charge on any atom is 0.416 e. The van der Waals surface area contributed by atoms with E-state index in [4.69, 9.17) is 4.42 Å². The Morgan fingerprint density at radius 1 is 1.09 bits per heavy atom. The van der Waals surface area contributed by atoms with Crippen molar-refractivity contribution >= 4 is 39.3 Å². The lowest BCUT2D eigenvalue weighted by atomic mass is 10.1.